The van der Waals surface area contributed by atoms with Crippen LogP contribution in [0, 0.1) is 12.3 Å². The first-order valence-corrected chi connectivity index (χ1v) is 16.1. The summed E-state index contributed by atoms with van der Waals surface area (Å²) in [6.45, 7) is 2.79. The van der Waals surface area contributed by atoms with E-state index in [0.717, 1.165) is 11.3 Å². The molecule has 2 rings (SSSR count). The molecule has 8 heteroatoms. The molecule has 7 nitrogen and oxygen atoms in total. The predicted octanol–water partition coefficient (Wildman–Crippen LogP) is 6.95. The summed E-state index contributed by atoms with van der Waals surface area (Å²) in [7, 11) is 0. The van der Waals surface area contributed by atoms with Gasteiger partial charge in [0.2, 0.25) is 5.91 Å². The van der Waals surface area contributed by atoms with Crippen LogP contribution in [0.3, 0.4) is 0 Å². The van der Waals surface area contributed by atoms with Crippen LogP contribution in [-0.2, 0) is 24.0 Å². The fourth-order valence-electron chi connectivity index (χ4n) is 4.54. The van der Waals surface area contributed by atoms with Crippen LogP contribution >= 0.6 is 11.8 Å². The van der Waals surface area contributed by atoms with Crippen molar-refractivity contribution in [3.8, 4) is 12.3 Å². The van der Waals surface area contributed by atoms with E-state index in [1.807, 2.05) is 36.0 Å². The number of carbonyl (C=O) groups is 4. The molecule has 0 aliphatic carbocycles. The second-order valence-electron chi connectivity index (χ2n) is 10.3. The summed E-state index contributed by atoms with van der Waals surface area (Å²) in [6.07, 6.45) is 23.1. The molecule has 0 aromatic heterocycles. The van der Waals surface area contributed by atoms with E-state index in [1.165, 1.54) is 69.1 Å². The smallest absolute Gasteiger partial charge is 0.330 e. The van der Waals surface area contributed by atoms with Crippen LogP contribution in [0.2, 0.25) is 0 Å². The fourth-order valence-corrected chi connectivity index (χ4v) is 5.59. The summed E-state index contributed by atoms with van der Waals surface area (Å²) in [5.41, 5.74) is 1.12. The fraction of sp³-hybridized carbons (Fsp3) is 0.576. The van der Waals surface area contributed by atoms with Gasteiger partial charge in [-0.15, -0.1) is 23.2 Å². The Hall–Kier alpha value is -3.05. The molecule has 224 valence electrons. The van der Waals surface area contributed by atoms with Gasteiger partial charge in [0.1, 0.15) is 0 Å². The Morgan fingerprint density at radius 2 is 1.59 bits per heavy atom. The highest BCUT2D eigenvalue weighted by Crippen LogP contribution is 2.25. The van der Waals surface area contributed by atoms with E-state index < -0.39 is 17.8 Å². The number of hydroxylamine groups is 2. The van der Waals surface area contributed by atoms with Gasteiger partial charge in [0.05, 0.1) is 6.54 Å². The van der Waals surface area contributed by atoms with E-state index in [1.54, 1.807) is 4.90 Å². The molecule has 1 aromatic rings. The van der Waals surface area contributed by atoms with Crippen molar-refractivity contribution in [1.82, 2.24) is 9.96 Å². The summed E-state index contributed by atoms with van der Waals surface area (Å²) < 4.78 is 0. The zero-order valence-electron chi connectivity index (χ0n) is 24.6. The minimum atomic E-state index is -0.711. The van der Waals surface area contributed by atoms with Crippen LogP contribution in [0.4, 0.5) is 0 Å². The zero-order chi connectivity index (χ0) is 29.7. The lowest BCUT2D eigenvalue weighted by molar-refractivity contribution is -0.197. The van der Waals surface area contributed by atoms with Gasteiger partial charge < -0.3 is 9.74 Å². The summed E-state index contributed by atoms with van der Waals surface area (Å²) in [5.74, 6) is 1.69. The first kappa shape index (κ1) is 34.2. The Morgan fingerprint density at radius 3 is 2.24 bits per heavy atom. The maximum atomic E-state index is 12.7. The van der Waals surface area contributed by atoms with Gasteiger partial charge in [0.15, 0.2) is 0 Å². The molecule has 0 atom stereocenters. The molecule has 1 aliphatic heterocycles. The van der Waals surface area contributed by atoms with Crippen molar-refractivity contribution >= 4 is 41.5 Å². The van der Waals surface area contributed by atoms with Gasteiger partial charge in [0, 0.05) is 37.1 Å². The van der Waals surface area contributed by atoms with Crippen LogP contribution < -0.4 is 0 Å². The molecule has 0 radical (unpaired) electrons. The predicted molar refractivity (Wildman–Crippen MR) is 164 cm³/mol. The number of unbranched alkanes of at least 4 members (excludes halogenated alkanes) is 9. The Kier molecular flexibility index (Phi) is 17.3. The van der Waals surface area contributed by atoms with Crippen molar-refractivity contribution in [3.05, 3.63) is 35.9 Å². The Morgan fingerprint density at radius 1 is 0.951 bits per heavy atom. The Balaban J connectivity index is 1.70. The van der Waals surface area contributed by atoms with Crippen LogP contribution in [0.25, 0.3) is 6.08 Å². The lowest BCUT2D eigenvalue weighted by Crippen LogP contribution is -2.33. The number of terminal acetylenes is 1. The number of amides is 3. The van der Waals surface area contributed by atoms with Gasteiger partial charge in [0.25, 0.3) is 11.8 Å². The molecule has 0 N–H and O–H groups in total. The van der Waals surface area contributed by atoms with Crippen LogP contribution in [0.15, 0.2) is 35.2 Å². The van der Waals surface area contributed by atoms with E-state index in [-0.39, 0.29) is 44.6 Å². The highest BCUT2D eigenvalue weighted by molar-refractivity contribution is 7.99. The van der Waals surface area contributed by atoms with E-state index in [2.05, 4.69) is 25.0 Å². The molecule has 0 bridgehead atoms. The molecule has 0 unspecified atom stereocenters. The quantitative estimate of drug-likeness (QED) is 0.0675. The molecule has 3 amide bonds. The lowest BCUT2D eigenvalue weighted by atomic mass is 10.1. The maximum Gasteiger partial charge on any atom is 0.333 e. The molecule has 1 aromatic carbocycles. The molecule has 1 fully saturated rings. The third kappa shape index (κ3) is 13.9. The van der Waals surface area contributed by atoms with E-state index in [9.17, 15) is 19.2 Å². The largest absolute Gasteiger partial charge is 0.333 e. The van der Waals surface area contributed by atoms with Gasteiger partial charge >= 0.3 is 5.97 Å². The average molecular weight is 583 g/mol. The first-order chi connectivity index (χ1) is 20.0. The van der Waals surface area contributed by atoms with Crippen molar-refractivity contribution < 1.29 is 24.0 Å². The number of rotatable bonds is 21. The Labute approximate surface area is 250 Å². The van der Waals surface area contributed by atoms with E-state index in [0.29, 0.717) is 11.6 Å². The second kappa shape index (κ2) is 20.8. The summed E-state index contributed by atoms with van der Waals surface area (Å²) in [4.78, 5) is 55.5. The third-order valence-corrected chi connectivity index (χ3v) is 8.08. The Bertz CT molecular complexity index is 1030. The van der Waals surface area contributed by atoms with Crippen molar-refractivity contribution in [3.63, 3.8) is 0 Å². The number of thioether (sulfide) groups is 1. The third-order valence-electron chi connectivity index (χ3n) is 6.90. The number of hydrogen-bond donors (Lipinski definition) is 0. The summed E-state index contributed by atoms with van der Waals surface area (Å²) >= 11 is 1.87. The standard InChI is InChI=1S/C33H46N2O5S/c1-3-5-6-7-8-9-10-11-12-15-27-41-29-20-14-13-18-28(29)19-17-26-34(25-4-2)30(36)21-16-22-33(39)40-35-31(37)23-24-32(35)38/h2,13-14,17-20H,3,5-12,15-16,21-27H2,1H3/b19-17+. The van der Waals surface area contributed by atoms with Gasteiger partial charge in [-0.2, -0.15) is 0 Å². The van der Waals surface area contributed by atoms with Crippen LogP contribution in [0.1, 0.15) is 109 Å². The molecule has 0 spiro atoms. The van der Waals surface area contributed by atoms with E-state index in [4.69, 9.17) is 11.3 Å². The minimum Gasteiger partial charge on any atom is -0.330 e. The number of carbonyl (C=O) groups excluding carboxylic acids is 4. The molecule has 0 saturated carbocycles. The first-order valence-electron chi connectivity index (χ1n) is 15.1. The van der Waals surface area contributed by atoms with Gasteiger partial charge in [-0.3, -0.25) is 14.4 Å². The monoisotopic (exact) mass is 582 g/mol. The molecule has 1 heterocycles. The highest BCUT2D eigenvalue weighted by atomic mass is 32.2. The SMILES string of the molecule is C#CCN(C/C=C/c1ccccc1SCCCCCCCCCCCC)C(=O)CCCC(=O)ON1C(=O)CCC1=O. The second-order valence-corrected chi connectivity index (χ2v) is 11.5. The van der Waals surface area contributed by atoms with E-state index >= 15 is 0 Å². The molecular formula is C33H46N2O5S. The number of nitrogens with zero attached hydrogens (tertiary/aromatic N) is 2. The number of benzene rings is 1. The van der Waals surface area contributed by atoms with Crippen molar-refractivity contribution in [2.24, 2.45) is 0 Å². The van der Waals surface area contributed by atoms with Crippen molar-refractivity contribution in [2.75, 3.05) is 18.8 Å². The van der Waals surface area contributed by atoms with Crippen LogP contribution in [-0.4, -0.2) is 52.5 Å². The number of imide groups is 1. The van der Waals surface area contributed by atoms with Gasteiger partial charge in [-0.25, -0.2) is 4.79 Å². The maximum absolute atomic E-state index is 12.7. The number of hydrogen-bond acceptors (Lipinski definition) is 6. The van der Waals surface area contributed by atoms with Crippen LogP contribution in [0.5, 0.6) is 0 Å². The van der Waals surface area contributed by atoms with Gasteiger partial charge in [-0.1, -0.05) is 101 Å². The zero-order valence-corrected chi connectivity index (χ0v) is 25.4. The molecule has 41 heavy (non-hydrogen) atoms. The summed E-state index contributed by atoms with van der Waals surface area (Å²) in [5, 5.41) is 0.521. The van der Waals surface area contributed by atoms with Crippen molar-refractivity contribution in [2.45, 2.75) is 108 Å². The summed E-state index contributed by atoms with van der Waals surface area (Å²) in [6, 6.07) is 8.27. The highest BCUT2D eigenvalue weighted by Gasteiger charge is 2.32. The van der Waals surface area contributed by atoms with Crippen molar-refractivity contribution in [1.29, 1.82) is 0 Å². The molecular weight excluding hydrogens is 536 g/mol. The van der Waals surface area contributed by atoms with Gasteiger partial charge in [-0.05, 0) is 30.2 Å². The minimum absolute atomic E-state index is 0.0433. The molecule has 1 aliphatic rings. The normalized spacial score (nSPS) is 13.1. The lowest BCUT2D eigenvalue weighted by Gasteiger charge is -2.18. The average Bonchev–Trinajstić information content (AvgIpc) is 3.28. The topological polar surface area (TPSA) is 84.0 Å². The molecule has 1 saturated heterocycles.